The van der Waals surface area contributed by atoms with Gasteiger partial charge in [-0.05, 0) is 60.3 Å². The van der Waals surface area contributed by atoms with Crippen molar-refractivity contribution in [3.63, 3.8) is 0 Å². The summed E-state index contributed by atoms with van der Waals surface area (Å²) >= 11 is 0. The summed E-state index contributed by atoms with van der Waals surface area (Å²) in [6.45, 7) is 9.43. The highest BCUT2D eigenvalue weighted by Gasteiger charge is 2.16. The van der Waals surface area contributed by atoms with E-state index in [1.165, 1.54) is 0 Å². The molecule has 7 heteroatoms. The lowest BCUT2D eigenvalue weighted by atomic mass is 10.1. The third-order valence-electron chi connectivity index (χ3n) is 3.52. The number of hydrogen-bond donors (Lipinski definition) is 1. The molecule has 0 atom stereocenters. The van der Waals surface area contributed by atoms with Crippen LogP contribution in [0.5, 0.6) is 11.5 Å². The average molecular weight is 389 g/mol. The van der Waals surface area contributed by atoms with Gasteiger partial charge in [0, 0.05) is 30.6 Å². The fourth-order valence-corrected chi connectivity index (χ4v) is 2.47. The summed E-state index contributed by atoms with van der Waals surface area (Å²) in [6.07, 6.45) is 4.36. The molecular formula is C21H31N3O4. The number of rotatable bonds is 7. The largest absolute Gasteiger partial charge is 0.493 e. The first-order valence-electron chi connectivity index (χ1n) is 9.14. The predicted molar refractivity (Wildman–Crippen MR) is 110 cm³/mol. The smallest absolute Gasteiger partial charge is 0.290 e. The van der Waals surface area contributed by atoms with E-state index in [1.54, 1.807) is 12.4 Å². The Balaban J connectivity index is 0.00000122. The molecule has 0 saturated heterocycles. The third-order valence-corrected chi connectivity index (χ3v) is 3.52. The predicted octanol–water partition coefficient (Wildman–Crippen LogP) is 3.66. The van der Waals surface area contributed by atoms with E-state index >= 15 is 0 Å². The van der Waals surface area contributed by atoms with Gasteiger partial charge in [-0.2, -0.15) is 0 Å². The van der Waals surface area contributed by atoms with Crippen molar-refractivity contribution in [2.24, 2.45) is 0 Å². The second kappa shape index (κ2) is 11.2. The number of nitrogens with zero attached hydrogens (tertiary/aromatic N) is 3. The van der Waals surface area contributed by atoms with E-state index in [0.29, 0.717) is 6.61 Å². The van der Waals surface area contributed by atoms with Gasteiger partial charge in [0.25, 0.3) is 6.47 Å². The molecule has 28 heavy (non-hydrogen) atoms. The highest BCUT2D eigenvalue weighted by atomic mass is 16.5. The Kier molecular flexibility index (Phi) is 9.38. The number of aryl methyl sites for hydroxylation is 1. The van der Waals surface area contributed by atoms with Gasteiger partial charge in [0.2, 0.25) is 0 Å². The molecule has 0 aliphatic carbocycles. The average Bonchev–Trinajstić information content (AvgIpc) is 2.59. The van der Waals surface area contributed by atoms with Gasteiger partial charge in [0.1, 0.15) is 17.1 Å². The first-order valence-corrected chi connectivity index (χ1v) is 9.14. The minimum Gasteiger partial charge on any atom is -0.493 e. The second-order valence-electron chi connectivity index (χ2n) is 7.47. The van der Waals surface area contributed by atoms with Crippen LogP contribution >= 0.6 is 0 Å². The molecule has 1 N–H and O–H groups in total. The van der Waals surface area contributed by atoms with Crippen LogP contribution in [-0.4, -0.2) is 59.3 Å². The summed E-state index contributed by atoms with van der Waals surface area (Å²) in [5.41, 5.74) is 2.40. The summed E-state index contributed by atoms with van der Waals surface area (Å²) < 4.78 is 12.1. The SMILES string of the molecule is Cc1nccnc1-c1ccc(OC(C)(C)C)cc1OCCCN(C)C.O=CO. The maximum absolute atomic E-state index is 8.36. The van der Waals surface area contributed by atoms with Crippen LogP contribution in [0, 0.1) is 6.92 Å². The normalized spacial score (nSPS) is 10.8. The first kappa shape index (κ1) is 23.4. The number of aromatic nitrogens is 2. The molecule has 2 aromatic rings. The minimum atomic E-state index is -0.258. The van der Waals surface area contributed by atoms with Crippen LogP contribution in [0.4, 0.5) is 0 Å². The van der Waals surface area contributed by atoms with Gasteiger partial charge in [0.15, 0.2) is 0 Å². The molecule has 0 bridgehead atoms. The standard InChI is InChI=1S/C20H29N3O2.CH2O2/c1-15-19(22-11-10-21-15)17-9-8-16(25-20(2,3)4)14-18(17)24-13-7-12-23(5)6;2-1-3/h8-11,14H,7,12-13H2,1-6H3;1H,(H,2,3). The topological polar surface area (TPSA) is 84.8 Å². The number of carbonyl (C=O) groups is 1. The zero-order chi connectivity index (χ0) is 21.2. The quantitative estimate of drug-likeness (QED) is 0.571. The van der Waals surface area contributed by atoms with E-state index in [4.69, 9.17) is 19.4 Å². The molecule has 0 radical (unpaired) electrons. The third kappa shape index (κ3) is 8.35. The van der Waals surface area contributed by atoms with Crippen LogP contribution in [0.25, 0.3) is 11.3 Å². The van der Waals surface area contributed by atoms with Crippen molar-refractivity contribution in [1.82, 2.24) is 14.9 Å². The van der Waals surface area contributed by atoms with E-state index in [1.807, 2.05) is 45.9 Å². The van der Waals surface area contributed by atoms with Crippen LogP contribution < -0.4 is 9.47 Å². The first-order chi connectivity index (χ1) is 13.2. The molecule has 2 rings (SSSR count). The summed E-state index contributed by atoms with van der Waals surface area (Å²) in [5, 5.41) is 6.89. The molecule has 0 aliphatic rings. The Bertz CT molecular complexity index is 743. The van der Waals surface area contributed by atoms with Crippen LogP contribution in [0.3, 0.4) is 0 Å². The Morgan fingerprint density at radius 3 is 2.39 bits per heavy atom. The van der Waals surface area contributed by atoms with Crippen molar-refractivity contribution in [2.45, 2.75) is 39.7 Å². The molecule has 0 spiro atoms. The molecule has 0 amide bonds. The number of benzene rings is 1. The van der Waals surface area contributed by atoms with E-state index < -0.39 is 0 Å². The molecule has 1 aromatic heterocycles. The van der Waals surface area contributed by atoms with Gasteiger partial charge in [-0.1, -0.05) is 0 Å². The monoisotopic (exact) mass is 389 g/mol. The molecule has 7 nitrogen and oxygen atoms in total. The Morgan fingerprint density at radius 1 is 1.18 bits per heavy atom. The maximum Gasteiger partial charge on any atom is 0.290 e. The van der Waals surface area contributed by atoms with Gasteiger partial charge in [-0.25, -0.2) is 0 Å². The minimum absolute atomic E-state index is 0.250. The van der Waals surface area contributed by atoms with Gasteiger partial charge in [-0.15, -0.1) is 0 Å². The number of hydrogen-bond acceptors (Lipinski definition) is 6. The molecule has 0 fully saturated rings. The van der Waals surface area contributed by atoms with E-state index in [-0.39, 0.29) is 12.1 Å². The highest BCUT2D eigenvalue weighted by molar-refractivity contribution is 5.70. The lowest BCUT2D eigenvalue weighted by Crippen LogP contribution is -2.23. The number of carboxylic acid groups (broad SMARTS) is 1. The van der Waals surface area contributed by atoms with Crippen LogP contribution in [0.2, 0.25) is 0 Å². The summed E-state index contributed by atoms with van der Waals surface area (Å²) in [7, 11) is 4.12. The number of ether oxygens (including phenoxy) is 2. The summed E-state index contributed by atoms with van der Waals surface area (Å²) in [6, 6.07) is 5.91. The molecule has 0 unspecified atom stereocenters. The highest BCUT2D eigenvalue weighted by Crippen LogP contribution is 2.34. The van der Waals surface area contributed by atoms with Gasteiger partial charge in [-0.3, -0.25) is 14.8 Å². The van der Waals surface area contributed by atoms with Crippen molar-refractivity contribution in [2.75, 3.05) is 27.2 Å². The Labute approximate surface area is 167 Å². The van der Waals surface area contributed by atoms with Crippen LogP contribution in [-0.2, 0) is 4.79 Å². The fourth-order valence-electron chi connectivity index (χ4n) is 2.47. The zero-order valence-corrected chi connectivity index (χ0v) is 17.6. The van der Waals surface area contributed by atoms with E-state index in [0.717, 1.165) is 41.4 Å². The van der Waals surface area contributed by atoms with Crippen molar-refractivity contribution < 1.29 is 19.4 Å². The van der Waals surface area contributed by atoms with E-state index in [2.05, 4.69) is 29.0 Å². The second-order valence-corrected chi connectivity index (χ2v) is 7.47. The molecule has 0 saturated carbocycles. The lowest BCUT2D eigenvalue weighted by molar-refractivity contribution is -0.122. The maximum atomic E-state index is 8.36. The summed E-state index contributed by atoms with van der Waals surface area (Å²) in [5.74, 6) is 1.57. The van der Waals surface area contributed by atoms with Crippen LogP contribution in [0.15, 0.2) is 30.6 Å². The van der Waals surface area contributed by atoms with Gasteiger partial charge in [0.05, 0.1) is 18.0 Å². The Hall–Kier alpha value is -2.67. The zero-order valence-electron chi connectivity index (χ0n) is 17.6. The molecule has 1 aromatic carbocycles. The molecule has 154 valence electrons. The van der Waals surface area contributed by atoms with Crippen molar-refractivity contribution in [3.8, 4) is 22.8 Å². The van der Waals surface area contributed by atoms with Crippen molar-refractivity contribution in [3.05, 3.63) is 36.3 Å². The van der Waals surface area contributed by atoms with Gasteiger partial charge >= 0.3 is 0 Å². The Morgan fingerprint density at radius 2 is 1.82 bits per heavy atom. The molecule has 0 aliphatic heterocycles. The molecular weight excluding hydrogens is 358 g/mol. The van der Waals surface area contributed by atoms with Crippen molar-refractivity contribution >= 4 is 6.47 Å². The molecule has 1 heterocycles. The van der Waals surface area contributed by atoms with Crippen LogP contribution in [0.1, 0.15) is 32.9 Å². The van der Waals surface area contributed by atoms with E-state index in [9.17, 15) is 0 Å². The fraction of sp³-hybridized carbons (Fsp3) is 0.476. The van der Waals surface area contributed by atoms with Crippen molar-refractivity contribution in [1.29, 1.82) is 0 Å². The lowest BCUT2D eigenvalue weighted by Gasteiger charge is -2.22. The van der Waals surface area contributed by atoms with Gasteiger partial charge < -0.3 is 19.5 Å². The summed E-state index contributed by atoms with van der Waals surface area (Å²) in [4.78, 5) is 19.3.